The number of hydrogen-bond donors (Lipinski definition) is 0. The summed E-state index contributed by atoms with van der Waals surface area (Å²) in [4.78, 5) is 39.5. The second kappa shape index (κ2) is 19.5. The molecule has 0 saturated carbocycles. The molecule has 0 N–H and O–H groups in total. The summed E-state index contributed by atoms with van der Waals surface area (Å²) in [6.07, 6.45) is 18.5. The molecule has 0 aliphatic rings. The van der Waals surface area contributed by atoms with Crippen LogP contribution in [0.2, 0.25) is 0 Å². The number of rotatable bonds is 21. The average Bonchev–Trinajstić information content (AvgIpc) is 3.04. The summed E-state index contributed by atoms with van der Waals surface area (Å²) in [6, 6.07) is 4.49. The minimum absolute atomic E-state index is 0.143. The van der Waals surface area contributed by atoms with Gasteiger partial charge in [0.15, 0.2) is 0 Å². The predicted octanol–water partition coefficient (Wildman–Crippen LogP) is 7.36. The number of unbranched alkanes of at least 4 members (excludes halogenated alkanes) is 9. The van der Waals surface area contributed by atoms with Crippen LogP contribution in [0.3, 0.4) is 0 Å². The van der Waals surface area contributed by atoms with Crippen LogP contribution in [0.5, 0.6) is 17.2 Å². The molecule has 0 amide bonds. The quantitative estimate of drug-likeness (QED) is 0.0855. The molecule has 3 aromatic heterocycles. The van der Waals surface area contributed by atoms with E-state index >= 15 is 0 Å². The third-order valence-electron chi connectivity index (χ3n) is 8.57. The van der Waals surface area contributed by atoms with Crippen molar-refractivity contribution in [1.29, 1.82) is 0 Å². The van der Waals surface area contributed by atoms with E-state index in [0.717, 1.165) is 96.7 Å². The first-order chi connectivity index (χ1) is 22.2. The molecule has 3 rings (SSSR count). The van der Waals surface area contributed by atoms with Crippen molar-refractivity contribution in [2.45, 2.75) is 138 Å². The Labute approximate surface area is 280 Å². The molecule has 0 unspecified atom stereocenters. The molecule has 0 atom stereocenters. The molecule has 0 aromatic carbocycles. The Kier molecular flexibility index (Phi) is 15.9. The van der Waals surface area contributed by atoms with Crippen molar-refractivity contribution in [1.82, 2.24) is 13.7 Å². The Balaban J connectivity index is 2.00. The predicted molar refractivity (Wildman–Crippen MR) is 186 cm³/mol. The Morgan fingerprint density at radius 2 is 0.761 bits per heavy atom. The normalized spacial score (nSPS) is 11.1. The van der Waals surface area contributed by atoms with Gasteiger partial charge in [-0.25, -0.2) is 0 Å². The summed E-state index contributed by atoms with van der Waals surface area (Å²) >= 11 is -4.04. The van der Waals surface area contributed by atoms with Crippen LogP contribution in [0.1, 0.15) is 115 Å². The molecule has 0 bridgehead atoms. The molecule has 0 fully saturated rings. The summed E-state index contributed by atoms with van der Waals surface area (Å²) in [7, 11) is 0. The van der Waals surface area contributed by atoms with Gasteiger partial charge in [-0.15, -0.1) is 0 Å². The first-order valence-corrected chi connectivity index (χ1v) is 20.3. The Morgan fingerprint density at radius 1 is 0.478 bits per heavy atom. The Hall–Kier alpha value is -3.11. The fraction of sp³-hybridized carbons (Fsp3) is 0.583. The van der Waals surface area contributed by atoms with Crippen molar-refractivity contribution < 1.29 is 10.6 Å². The van der Waals surface area contributed by atoms with E-state index in [1.807, 2.05) is 34.5 Å². The zero-order valence-corrected chi connectivity index (χ0v) is 31.4. The van der Waals surface area contributed by atoms with E-state index in [1.165, 1.54) is 18.2 Å². The van der Waals surface area contributed by atoms with Gasteiger partial charge in [0.2, 0.25) is 0 Å². The van der Waals surface area contributed by atoms with Crippen LogP contribution in [0.15, 0.2) is 51.2 Å². The number of pyridine rings is 3. The molecule has 46 heavy (non-hydrogen) atoms. The average molecular weight is 695 g/mol. The van der Waals surface area contributed by atoms with Crippen molar-refractivity contribution in [3.05, 3.63) is 84.5 Å². The molecule has 0 aliphatic heterocycles. The van der Waals surface area contributed by atoms with Crippen LogP contribution in [0, 0.1) is 20.8 Å². The zero-order valence-electron chi connectivity index (χ0n) is 28.9. The number of nitrogens with zero attached hydrogens (tertiary/aromatic N) is 3. The second-order valence-electron chi connectivity index (χ2n) is 12.2. The summed E-state index contributed by atoms with van der Waals surface area (Å²) < 4.78 is 25.2. The van der Waals surface area contributed by atoms with Crippen molar-refractivity contribution in [2.24, 2.45) is 0 Å². The SMILES string of the molecule is CCCCCCn1ccc(=O)c([O][Ga]([O]c2c(C)n(CCCCCC)ccc2=O)[O]c2c(C)n(CCCCCC)ccc2=O)c1C. The summed E-state index contributed by atoms with van der Waals surface area (Å²) in [5.41, 5.74) is 1.14. The monoisotopic (exact) mass is 693 g/mol. The van der Waals surface area contributed by atoms with Gasteiger partial charge in [0.1, 0.15) is 0 Å². The van der Waals surface area contributed by atoms with E-state index in [2.05, 4.69) is 20.8 Å². The van der Waals surface area contributed by atoms with Crippen LogP contribution in [-0.2, 0) is 19.6 Å². The molecule has 3 aromatic rings. The number of aromatic nitrogens is 3. The summed E-state index contributed by atoms with van der Waals surface area (Å²) in [6.45, 7) is 14.3. The van der Waals surface area contributed by atoms with Crippen molar-refractivity contribution in [3.63, 3.8) is 0 Å². The first kappa shape index (κ1) is 37.3. The van der Waals surface area contributed by atoms with Crippen molar-refractivity contribution in [2.75, 3.05) is 0 Å². The van der Waals surface area contributed by atoms with Crippen LogP contribution in [-0.4, -0.2) is 31.0 Å². The van der Waals surface area contributed by atoms with E-state index in [4.69, 9.17) is 10.6 Å². The molecule has 0 radical (unpaired) electrons. The zero-order chi connectivity index (χ0) is 33.5. The summed E-state index contributed by atoms with van der Waals surface area (Å²) in [5.74, 6) is 0.430. The first-order valence-electron chi connectivity index (χ1n) is 17.3. The third kappa shape index (κ3) is 10.7. The Morgan fingerprint density at radius 3 is 1.02 bits per heavy atom. The van der Waals surface area contributed by atoms with Crippen LogP contribution in [0.4, 0.5) is 0 Å². The maximum atomic E-state index is 13.2. The van der Waals surface area contributed by atoms with Gasteiger partial charge in [-0.3, -0.25) is 0 Å². The maximum absolute atomic E-state index is 13.2. The Bertz CT molecular complexity index is 1380. The van der Waals surface area contributed by atoms with Gasteiger partial charge < -0.3 is 0 Å². The van der Waals surface area contributed by atoms with Crippen molar-refractivity contribution >= 4 is 17.3 Å². The molecular formula is C36H54GaN3O6. The number of aryl methyl sites for hydroxylation is 3. The van der Waals surface area contributed by atoms with E-state index in [1.54, 1.807) is 18.6 Å². The van der Waals surface area contributed by atoms with Crippen LogP contribution < -0.4 is 26.9 Å². The second-order valence-corrected chi connectivity index (χ2v) is 14.9. The molecule has 0 saturated heterocycles. The van der Waals surface area contributed by atoms with E-state index < -0.39 is 17.3 Å². The number of hydrogen-bond acceptors (Lipinski definition) is 6. The molecular weight excluding hydrogens is 640 g/mol. The van der Waals surface area contributed by atoms with E-state index in [-0.39, 0.29) is 33.5 Å². The van der Waals surface area contributed by atoms with Gasteiger partial charge >= 0.3 is 282 Å². The van der Waals surface area contributed by atoms with Gasteiger partial charge in [-0.2, -0.15) is 0 Å². The molecule has 0 spiro atoms. The minimum atomic E-state index is -4.04. The van der Waals surface area contributed by atoms with Gasteiger partial charge in [-0.05, 0) is 0 Å². The molecule has 252 valence electrons. The summed E-state index contributed by atoms with van der Waals surface area (Å²) in [5, 5.41) is 0. The molecule has 9 nitrogen and oxygen atoms in total. The standard InChI is InChI=1S/3C12H19NO2.Ga/c3*1-3-4-5-6-8-13-9-7-11(14)12(15)10(13)2;/h3*7,9,15H,3-6,8H2,1-2H3;/q;;;+3/p-3. The van der Waals surface area contributed by atoms with E-state index in [0.29, 0.717) is 17.1 Å². The molecule has 0 aliphatic carbocycles. The fourth-order valence-corrected chi connectivity index (χ4v) is 8.92. The van der Waals surface area contributed by atoms with Gasteiger partial charge in [0.25, 0.3) is 0 Å². The van der Waals surface area contributed by atoms with Crippen molar-refractivity contribution in [3.8, 4) is 17.2 Å². The topological polar surface area (TPSA) is 93.7 Å². The van der Waals surface area contributed by atoms with Gasteiger partial charge in [0, 0.05) is 0 Å². The fourth-order valence-electron chi connectivity index (χ4n) is 5.61. The van der Waals surface area contributed by atoms with Gasteiger partial charge in [0.05, 0.1) is 0 Å². The van der Waals surface area contributed by atoms with E-state index in [9.17, 15) is 14.4 Å². The molecule has 3 heterocycles. The third-order valence-corrected chi connectivity index (χ3v) is 11.3. The van der Waals surface area contributed by atoms with Crippen LogP contribution >= 0.6 is 0 Å². The molecule has 10 heteroatoms. The van der Waals surface area contributed by atoms with Crippen LogP contribution in [0.25, 0.3) is 0 Å². The van der Waals surface area contributed by atoms with Gasteiger partial charge in [-0.1, -0.05) is 0 Å².